The molecule has 1 saturated carbocycles. The third-order valence-corrected chi connectivity index (χ3v) is 3.90. The van der Waals surface area contributed by atoms with Crippen molar-refractivity contribution < 1.29 is 9.18 Å². The summed E-state index contributed by atoms with van der Waals surface area (Å²) < 4.78 is 13.6. The number of hydrogen-bond acceptors (Lipinski definition) is 2. The molecular formula is C15H19FN2O. The van der Waals surface area contributed by atoms with Crippen LogP contribution in [0.4, 0.5) is 4.39 Å². The van der Waals surface area contributed by atoms with E-state index in [-0.39, 0.29) is 17.8 Å². The van der Waals surface area contributed by atoms with Gasteiger partial charge in [-0.3, -0.25) is 4.79 Å². The number of benzene rings is 1. The van der Waals surface area contributed by atoms with Crippen molar-refractivity contribution >= 4 is 5.91 Å². The summed E-state index contributed by atoms with van der Waals surface area (Å²) in [4.78, 5) is 11.6. The van der Waals surface area contributed by atoms with E-state index in [1.165, 1.54) is 6.07 Å². The van der Waals surface area contributed by atoms with Gasteiger partial charge in [0.25, 0.3) is 0 Å². The molecule has 1 aromatic carbocycles. The predicted molar refractivity (Wildman–Crippen MR) is 71.2 cm³/mol. The minimum absolute atomic E-state index is 0.103. The number of carbonyl (C=O) groups is 1. The molecule has 2 aliphatic rings. The van der Waals surface area contributed by atoms with Gasteiger partial charge >= 0.3 is 0 Å². The lowest BCUT2D eigenvalue weighted by Gasteiger charge is -2.14. The first-order valence-corrected chi connectivity index (χ1v) is 7.04. The number of rotatable bonds is 5. The highest BCUT2D eigenvalue weighted by Crippen LogP contribution is 2.32. The van der Waals surface area contributed by atoms with Gasteiger partial charge in [0, 0.05) is 25.0 Å². The maximum absolute atomic E-state index is 13.6. The van der Waals surface area contributed by atoms with Crippen molar-refractivity contribution in [2.75, 3.05) is 6.54 Å². The SMILES string of the molecule is O=C(CCNC1CCc2c(F)cccc21)NC1CC1. The van der Waals surface area contributed by atoms with Crippen molar-refractivity contribution in [3.63, 3.8) is 0 Å². The molecule has 0 aliphatic heterocycles. The average molecular weight is 262 g/mol. The molecule has 0 heterocycles. The van der Waals surface area contributed by atoms with E-state index in [1.807, 2.05) is 6.07 Å². The Morgan fingerprint density at radius 3 is 2.95 bits per heavy atom. The standard InChI is InChI=1S/C15H19FN2O/c16-13-3-1-2-12-11(13)6-7-14(12)17-9-8-15(19)18-10-4-5-10/h1-3,10,14,17H,4-9H2,(H,18,19). The van der Waals surface area contributed by atoms with Gasteiger partial charge in [0.15, 0.2) is 0 Å². The Balaban J connectivity index is 1.49. The largest absolute Gasteiger partial charge is 0.353 e. The van der Waals surface area contributed by atoms with Gasteiger partial charge in [-0.2, -0.15) is 0 Å². The highest BCUT2D eigenvalue weighted by atomic mass is 19.1. The monoisotopic (exact) mass is 262 g/mol. The van der Waals surface area contributed by atoms with Crippen LogP contribution in [0, 0.1) is 5.82 Å². The smallest absolute Gasteiger partial charge is 0.221 e. The Morgan fingerprint density at radius 2 is 2.16 bits per heavy atom. The lowest BCUT2D eigenvalue weighted by molar-refractivity contribution is -0.121. The van der Waals surface area contributed by atoms with Crippen LogP contribution < -0.4 is 10.6 Å². The Bertz CT molecular complexity index is 485. The normalized spacial score (nSPS) is 21.2. The zero-order valence-corrected chi connectivity index (χ0v) is 10.9. The molecule has 3 nitrogen and oxygen atoms in total. The molecule has 1 unspecified atom stereocenters. The number of hydrogen-bond donors (Lipinski definition) is 2. The van der Waals surface area contributed by atoms with Gasteiger partial charge in [-0.25, -0.2) is 4.39 Å². The van der Waals surface area contributed by atoms with Crippen LogP contribution in [0.5, 0.6) is 0 Å². The van der Waals surface area contributed by atoms with Gasteiger partial charge in [-0.05, 0) is 42.9 Å². The molecule has 1 atom stereocenters. The van der Waals surface area contributed by atoms with Crippen molar-refractivity contribution in [3.8, 4) is 0 Å². The van der Waals surface area contributed by atoms with Gasteiger partial charge < -0.3 is 10.6 Å². The summed E-state index contributed by atoms with van der Waals surface area (Å²) in [5.41, 5.74) is 1.89. The summed E-state index contributed by atoms with van der Waals surface area (Å²) >= 11 is 0. The first-order chi connectivity index (χ1) is 9.24. The highest BCUT2D eigenvalue weighted by molar-refractivity contribution is 5.76. The molecule has 0 radical (unpaired) electrons. The van der Waals surface area contributed by atoms with Gasteiger partial charge in [0.2, 0.25) is 5.91 Å². The summed E-state index contributed by atoms with van der Waals surface area (Å²) in [5, 5.41) is 6.33. The van der Waals surface area contributed by atoms with Crippen LogP contribution in [0.25, 0.3) is 0 Å². The van der Waals surface area contributed by atoms with Gasteiger partial charge in [-0.15, -0.1) is 0 Å². The number of carbonyl (C=O) groups excluding carboxylic acids is 1. The van der Waals surface area contributed by atoms with E-state index in [0.717, 1.165) is 36.8 Å². The number of fused-ring (bicyclic) bond motifs is 1. The van der Waals surface area contributed by atoms with Crippen LogP contribution in [0.1, 0.15) is 42.9 Å². The molecule has 102 valence electrons. The summed E-state index contributed by atoms with van der Waals surface area (Å²) in [7, 11) is 0. The van der Waals surface area contributed by atoms with Crippen molar-refractivity contribution in [2.45, 2.75) is 44.2 Å². The summed E-state index contributed by atoms with van der Waals surface area (Å²) in [6.45, 7) is 0.652. The molecule has 1 fully saturated rings. The second-order valence-electron chi connectivity index (χ2n) is 5.44. The first kappa shape index (κ1) is 12.6. The minimum Gasteiger partial charge on any atom is -0.353 e. The van der Waals surface area contributed by atoms with Gasteiger partial charge in [0.1, 0.15) is 5.82 Å². The second kappa shape index (κ2) is 5.29. The molecule has 0 bridgehead atoms. The Labute approximate surface area is 112 Å². The lowest BCUT2D eigenvalue weighted by Crippen LogP contribution is -2.30. The van der Waals surface area contributed by atoms with Crippen molar-refractivity contribution in [1.82, 2.24) is 10.6 Å². The molecule has 0 aromatic heterocycles. The molecule has 0 saturated heterocycles. The van der Waals surface area contributed by atoms with Crippen molar-refractivity contribution in [2.24, 2.45) is 0 Å². The van der Waals surface area contributed by atoms with E-state index in [2.05, 4.69) is 10.6 Å². The lowest BCUT2D eigenvalue weighted by atomic mass is 10.1. The number of halogens is 1. The zero-order valence-electron chi connectivity index (χ0n) is 10.9. The molecule has 2 N–H and O–H groups in total. The average Bonchev–Trinajstić information content (AvgIpc) is 3.09. The summed E-state index contributed by atoms with van der Waals surface area (Å²) in [5.74, 6) is 0.0146. The maximum Gasteiger partial charge on any atom is 0.221 e. The molecule has 0 spiro atoms. The Kier molecular flexibility index (Phi) is 3.51. The third-order valence-electron chi connectivity index (χ3n) is 3.90. The van der Waals surface area contributed by atoms with E-state index >= 15 is 0 Å². The molecule has 3 rings (SSSR count). The molecule has 1 aromatic rings. The molecular weight excluding hydrogens is 243 g/mol. The highest BCUT2D eigenvalue weighted by Gasteiger charge is 2.25. The molecule has 2 aliphatic carbocycles. The van der Waals surface area contributed by atoms with E-state index in [4.69, 9.17) is 0 Å². The molecule has 4 heteroatoms. The van der Waals surface area contributed by atoms with E-state index in [9.17, 15) is 9.18 Å². The first-order valence-electron chi connectivity index (χ1n) is 7.04. The van der Waals surface area contributed by atoms with E-state index < -0.39 is 0 Å². The van der Waals surface area contributed by atoms with Crippen molar-refractivity contribution in [3.05, 3.63) is 35.1 Å². The minimum atomic E-state index is -0.103. The number of nitrogens with one attached hydrogen (secondary N) is 2. The van der Waals surface area contributed by atoms with Crippen LogP contribution in [0.3, 0.4) is 0 Å². The maximum atomic E-state index is 13.6. The van der Waals surface area contributed by atoms with Crippen LogP contribution in [-0.4, -0.2) is 18.5 Å². The summed E-state index contributed by atoms with van der Waals surface area (Å²) in [6, 6.07) is 5.87. The Morgan fingerprint density at radius 1 is 1.32 bits per heavy atom. The third kappa shape index (κ3) is 2.95. The van der Waals surface area contributed by atoms with Gasteiger partial charge in [-0.1, -0.05) is 12.1 Å². The van der Waals surface area contributed by atoms with Crippen LogP contribution >= 0.6 is 0 Å². The van der Waals surface area contributed by atoms with Crippen LogP contribution in [0.2, 0.25) is 0 Å². The van der Waals surface area contributed by atoms with Crippen LogP contribution in [-0.2, 0) is 11.2 Å². The fraction of sp³-hybridized carbons (Fsp3) is 0.533. The van der Waals surface area contributed by atoms with Gasteiger partial charge in [0.05, 0.1) is 0 Å². The van der Waals surface area contributed by atoms with E-state index in [1.54, 1.807) is 6.07 Å². The number of amides is 1. The summed E-state index contributed by atoms with van der Waals surface area (Å²) in [6.07, 6.45) is 4.44. The molecule has 19 heavy (non-hydrogen) atoms. The molecule has 1 amide bonds. The topological polar surface area (TPSA) is 41.1 Å². The second-order valence-corrected chi connectivity index (χ2v) is 5.44. The zero-order chi connectivity index (χ0) is 13.2. The van der Waals surface area contributed by atoms with Crippen molar-refractivity contribution in [1.29, 1.82) is 0 Å². The quantitative estimate of drug-likeness (QED) is 0.853. The predicted octanol–water partition coefficient (Wildman–Crippen LogP) is 2.07. The fourth-order valence-corrected chi connectivity index (χ4v) is 2.71. The van der Waals surface area contributed by atoms with E-state index in [0.29, 0.717) is 19.0 Å². The van der Waals surface area contributed by atoms with Crippen LogP contribution in [0.15, 0.2) is 18.2 Å². The Hall–Kier alpha value is -1.42. The fourth-order valence-electron chi connectivity index (χ4n) is 2.71.